The number of nitrogens with one attached hydrogen (secondary N) is 1. The second-order valence-electron chi connectivity index (χ2n) is 6.49. The molecule has 1 radical (unpaired) electrons. The summed E-state index contributed by atoms with van der Waals surface area (Å²) < 4.78 is 0. The molecule has 1 aliphatic rings. The molecule has 1 aromatic rings. The zero-order valence-corrected chi connectivity index (χ0v) is 19.5. The van der Waals surface area contributed by atoms with Crippen LogP contribution < -0.4 is 5.32 Å². The van der Waals surface area contributed by atoms with E-state index in [0.29, 0.717) is 0 Å². The van der Waals surface area contributed by atoms with Crippen LogP contribution in [0.3, 0.4) is 0 Å². The molecule has 0 aliphatic heterocycles. The first kappa shape index (κ1) is 21.6. The van der Waals surface area contributed by atoms with Crippen LogP contribution >= 0.6 is 18.9 Å². The smallest absolute Gasteiger partial charge is 0.268 e. The van der Waals surface area contributed by atoms with Crippen molar-refractivity contribution >= 4 is 30.5 Å². The molecule has 0 saturated heterocycles. The van der Waals surface area contributed by atoms with Crippen LogP contribution in [-0.4, -0.2) is 29.5 Å². The summed E-state index contributed by atoms with van der Waals surface area (Å²) in [6.45, 7) is 10.8. The molecular formula is C18H28ClNOPY+. The van der Waals surface area contributed by atoms with Gasteiger partial charge in [-0.3, -0.25) is 4.79 Å². The quantitative estimate of drug-likeness (QED) is 0.594. The third-order valence-corrected chi connectivity index (χ3v) is 11.9. The summed E-state index contributed by atoms with van der Waals surface area (Å²) >= 11 is 6.09. The Morgan fingerprint density at radius 1 is 1.13 bits per heavy atom. The molecule has 5 heteroatoms. The number of hydrogen-bond donors (Lipinski definition) is 1. The van der Waals surface area contributed by atoms with Crippen LogP contribution in [0.15, 0.2) is 12.1 Å². The standard InChI is InChI=1S/C18H27ClNOP.Y/c1-6-22(7-2,8-3)18(9-10-18)17(21)20-16-13(4)11-15(19)12-14(16)5;/h11-12H,6-10H2,1-5H3;/p+1. The van der Waals surface area contributed by atoms with Crippen molar-refractivity contribution in [3.8, 4) is 0 Å². The van der Waals surface area contributed by atoms with Gasteiger partial charge in [0.15, 0.2) is 5.16 Å². The summed E-state index contributed by atoms with van der Waals surface area (Å²) in [5, 5.41) is 3.91. The maximum absolute atomic E-state index is 13.1. The van der Waals surface area contributed by atoms with Gasteiger partial charge < -0.3 is 5.32 Å². The Bertz CT molecular complexity index is 551. The van der Waals surface area contributed by atoms with Gasteiger partial charge in [-0.1, -0.05) is 11.6 Å². The molecular weight excluding hydrogens is 402 g/mol. The van der Waals surface area contributed by atoms with E-state index in [1.165, 1.54) is 18.5 Å². The molecule has 1 aromatic carbocycles. The average Bonchev–Trinajstić information content (AvgIpc) is 3.27. The van der Waals surface area contributed by atoms with E-state index in [9.17, 15) is 4.79 Å². The first-order chi connectivity index (χ1) is 10.4. The van der Waals surface area contributed by atoms with Crippen LogP contribution in [0.2, 0.25) is 5.02 Å². The van der Waals surface area contributed by atoms with E-state index < -0.39 is 7.26 Å². The van der Waals surface area contributed by atoms with Gasteiger partial charge in [0.25, 0.3) is 5.91 Å². The summed E-state index contributed by atoms with van der Waals surface area (Å²) in [6.07, 6.45) is 5.64. The van der Waals surface area contributed by atoms with E-state index in [-0.39, 0.29) is 43.8 Å². The van der Waals surface area contributed by atoms with Crippen LogP contribution in [0.4, 0.5) is 5.69 Å². The molecule has 0 spiro atoms. The van der Waals surface area contributed by atoms with Crippen LogP contribution in [0.5, 0.6) is 0 Å². The predicted octanol–water partition coefficient (Wildman–Crippen LogP) is 5.50. The summed E-state index contributed by atoms with van der Waals surface area (Å²) in [6, 6.07) is 3.84. The van der Waals surface area contributed by atoms with Crippen LogP contribution in [0.25, 0.3) is 0 Å². The van der Waals surface area contributed by atoms with Gasteiger partial charge in [-0.25, -0.2) is 0 Å². The minimum Gasteiger partial charge on any atom is -0.322 e. The van der Waals surface area contributed by atoms with Gasteiger partial charge >= 0.3 is 0 Å². The maximum atomic E-state index is 13.1. The summed E-state index contributed by atoms with van der Waals surface area (Å²) in [7, 11) is -1.20. The molecule has 1 aliphatic carbocycles. The second kappa shape index (κ2) is 8.26. The number of carbonyl (C=O) groups is 1. The number of anilines is 1. The van der Waals surface area contributed by atoms with Gasteiger partial charge in [0.2, 0.25) is 0 Å². The van der Waals surface area contributed by atoms with Crippen molar-refractivity contribution in [1.82, 2.24) is 0 Å². The molecule has 1 amide bonds. The minimum absolute atomic E-state index is 0. The van der Waals surface area contributed by atoms with Gasteiger partial charge in [0, 0.05) is 63.5 Å². The van der Waals surface area contributed by atoms with Crippen molar-refractivity contribution in [3.05, 3.63) is 28.3 Å². The average molecular weight is 430 g/mol. The van der Waals surface area contributed by atoms with Crippen LogP contribution in [0.1, 0.15) is 44.7 Å². The van der Waals surface area contributed by atoms with Crippen molar-refractivity contribution in [1.29, 1.82) is 0 Å². The van der Waals surface area contributed by atoms with E-state index in [1.807, 2.05) is 26.0 Å². The summed E-state index contributed by atoms with van der Waals surface area (Å²) in [5.74, 6) is 0.250. The number of benzene rings is 1. The Morgan fingerprint density at radius 3 is 1.91 bits per heavy atom. The van der Waals surface area contributed by atoms with E-state index in [2.05, 4.69) is 26.1 Å². The Morgan fingerprint density at radius 2 is 1.57 bits per heavy atom. The molecule has 2 nitrogen and oxygen atoms in total. The molecule has 1 saturated carbocycles. The van der Waals surface area contributed by atoms with E-state index >= 15 is 0 Å². The first-order valence-electron chi connectivity index (χ1n) is 8.30. The Labute approximate surface area is 171 Å². The Kier molecular flexibility index (Phi) is 7.74. The zero-order valence-electron chi connectivity index (χ0n) is 15.0. The van der Waals surface area contributed by atoms with Gasteiger partial charge in [-0.15, -0.1) is 0 Å². The molecule has 0 unspecified atom stereocenters. The number of carbonyl (C=O) groups excluding carboxylic acids is 1. The van der Waals surface area contributed by atoms with Crippen LogP contribution in [0, 0.1) is 13.8 Å². The summed E-state index contributed by atoms with van der Waals surface area (Å²) in [4.78, 5) is 13.1. The number of halogens is 1. The Hall–Kier alpha value is 0.514. The second-order valence-corrected chi connectivity index (χ2v) is 12.0. The van der Waals surface area contributed by atoms with Crippen molar-refractivity contribution in [3.63, 3.8) is 0 Å². The molecule has 125 valence electrons. The van der Waals surface area contributed by atoms with Crippen molar-refractivity contribution in [2.75, 3.05) is 23.8 Å². The van der Waals surface area contributed by atoms with Crippen LogP contribution in [-0.2, 0) is 37.5 Å². The molecule has 1 fully saturated rings. The van der Waals surface area contributed by atoms with Gasteiger partial charge in [0.05, 0.1) is 18.5 Å². The van der Waals surface area contributed by atoms with E-state index in [0.717, 1.165) is 34.7 Å². The minimum atomic E-state index is -1.20. The van der Waals surface area contributed by atoms with Gasteiger partial charge in [0.1, 0.15) is 0 Å². The Balaban J connectivity index is 0.00000264. The largest absolute Gasteiger partial charge is 0.322 e. The van der Waals surface area contributed by atoms with E-state index in [4.69, 9.17) is 11.6 Å². The van der Waals surface area contributed by atoms with Gasteiger partial charge in [-0.05, 0) is 57.9 Å². The predicted molar refractivity (Wildman–Crippen MR) is 100 cm³/mol. The normalized spacial score (nSPS) is 15.7. The molecule has 0 atom stereocenters. The fraction of sp³-hybridized carbons (Fsp3) is 0.611. The van der Waals surface area contributed by atoms with Gasteiger partial charge in [-0.2, -0.15) is 0 Å². The number of hydrogen-bond acceptors (Lipinski definition) is 1. The third-order valence-electron chi connectivity index (χ3n) is 5.61. The molecule has 0 aromatic heterocycles. The maximum Gasteiger partial charge on any atom is 0.268 e. The fourth-order valence-electron chi connectivity index (χ4n) is 3.95. The number of amides is 1. The molecule has 1 N–H and O–H groups in total. The number of aryl methyl sites for hydroxylation is 2. The SMILES string of the molecule is CC[P+](CC)(CC)C1(C(=O)Nc2c(C)cc(Cl)cc2C)CC1.[Y]. The summed E-state index contributed by atoms with van der Waals surface area (Å²) in [5.41, 5.74) is 3.03. The van der Waals surface area contributed by atoms with E-state index in [1.54, 1.807) is 0 Å². The molecule has 23 heavy (non-hydrogen) atoms. The van der Waals surface area contributed by atoms with Crippen molar-refractivity contribution in [2.45, 2.75) is 52.6 Å². The molecule has 0 bridgehead atoms. The third kappa shape index (κ3) is 3.86. The van der Waals surface area contributed by atoms with Crippen molar-refractivity contribution < 1.29 is 37.5 Å². The monoisotopic (exact) mass is 429 g/mol. The van der Waals surface area contributed by atoms with Crippen molar-refractivity contribution in [2.24, 2.45) is 0 Å². The molecule has 2 rings (SSSR count). The molecule has 0 heterocycles. The number of rotatable bonds is 6. The first-order valence-corrected chi connectivity index (χ1v) is 11.0. The zero-order chi connectivity index (χ0) is 16.5. The fourth-order valence-corrected chi connectivity index (χ4v) is 8.98. The topological polar surface area (TPSA) is 29.1 Å².